The topological polar surface area (TPSA) is 11.4 Å². The van der Waals surface area contributed by atoms with Gasteiger partial charge in [0, 0.05) is 76.3 Å². The Labute approximate surface area is 456 Å². The Morgan fingerprint density at radius 1 is 0.295 bits per heavy atom. The Balaban J connectivity index is 1.01. The Bertz CT molecular complexity index is 4840. The van der Waals surface area contributed by atoms with E-state index in [0.29, 0.717) is 0 Å². The smallest absolute Gasteiger partial charge is 0.252 e. The summed E-state index contributed by atoms with van der Waals surface area (Å²) >= 11 is 1.95. The standard InChI is InChI=1S/C72H43B2N3S/c1-5-16-44(17-6-1)48-28-34-52(35-29-48)75-61-38-32-50(46-20-9-3-10-21-46)40-58(61)73-57-26-15-25-55-66-70-60(42-56-54-24-13-14-27-65(54)78-72(56)66)74-59-41-51(47-22-11-4-12-23-47)33-39-62(59)76(53-36-30-49(31-37-53)45-18-7-2-8-19-45)64-43-63(75)67(73)71(68(64)74)77(70)69(55)57/h1-43H. The molecule has 6 heteroatoms. The molecular formula is C72H43B2N3S. The lowest BCUT2D eigenvalue weighted by atomic mass is 9.29. The summed E-state index contributed by atoms with van der Waals surface area (Å²) in [5.74, 6) is 0. The van der Waals surface area contributed by atoms with Crippen LogP contribution in [0.15, 0.2) is 261 Å². The Morgan fingerprint density at radius 2 is 0.744 bits per heavy atom. The summed E-state index contributed by atoms with van der Waals surface area (Å²) in [6.07, 6.45) is 0. The number of rotatable bonds is 6. The van der Waals surface area contributed by atoms with E-state index in [9.17, 15) is 0 Å². The number of nitrogens with zero attached hydrogens (tertiary/aromatic N) is 3. The number of anilines is 6. The number of hydrogen-bond acceptors (Lipinski definition) is 3. The van der Waals surface area contributed by atoms with E-state index in [1.807, 2.05) is 11.3 Å². The fourth-order valence-corrected chi connectivity index (χ4v) is 15.5. The molecule has 0 saturated carbocycles. The Hall–Kier alpha value is -9.61. The average molecular weight is 1000 g/mol. The molecule has 0 unspecified atom stereocenters. The number of thiophene rings is 1. The van der Waals surface area contributed by atoms with Crippen LogP contribution in [0, 0.1) is 0 Å². The second-order valence-corrected chi connectivity index (χ2v) is 22.5. The Morgan fingerprint density at radius 3 is 1.28 bits per heavy atom. The minimum Gasteiger partial charge on any atom is -0.311 e. The molecule has 0 fully saturated rings. The molecule has 0 spiro atoms. The fraction of sp³-hybridized carbons (Fsp3) is 0. The third-order valence-corrected chi connectivity index (χ3v) is 18.7. The molecule has 14 aromatic rings. The number of benzene rings is 12. The zero-order chi connectivity index (χ0) is 50.7. The number of para-hydroxylation sites is 1. The molecule has 0 saturated heterocycles. The van der Waals surface area contributed by atoms with Gasteiger partial charge in [-0.25, -0.2) is 0 Å². The highest BCUT2D eigenvalue weighted by atomic mass is 32.1. The van der Waals surface area contributed by atoms with Crippen molar-refractivity contribution in [3.63, 3.8) is 0 Å². The maximum Gasteiger partial charge on any atom is 0.252 e. The van der Waals surface area contributed by atoms with E-state index in [0.717, 1.165) is 11.4 Å². The first-order valence-corrected chi connectivity index (χ1v) is 28.0. The molecule has 358 valence electrons. The van der Waals surface area contributed by atoms with Crippen molar-refractivity contribution < 1.29 is 0 Å². The van der Waals surface area contributed by atoms with Gasteiger partial charge in [-0.2, -0.15) is 0 Å². The first-order valence-electron chi connectivity index (χ1n) is 27.1. The normalized spacial score (nSPS) is 13.3. The number of hydrogen-bond donors (Lipinski definition) is 0. The van der Waals surface area contributed by atoms with E-state index in [2.05, 4.69) is 275 Å². The van der Waals surface area contributed by atoms with Crippen molar-refractivity contribution in [2.24, 2.45) is 0 Å². The predicted molar refractivity (Wildman–Crippen MR) is 334 cm³/mol. The van der Waals surface area contributed by atoms with Gasteiger partial charge in [0.1, 0.15) is 0 Å². The van der Waals surface area contributed by atoms with Gasteiger partial charge in [0.25, 0.3) is 13.4 Å². The molecule has 0 N–H and O–H groups in total. The molecule has 0 amide bonds. The van der Waals surface area contributed by atoms with Crippen molar-refractivity contribution in [2.75, 3.05) is 9.80 Å². The lowest BCUT2D eigenvalue weighted by Gasteiger charge is -2.47. The van der Waals surface area contributed by atoms with Gasteiger partial charge in [0.15, 0.2) is 0 Å². The summed E-state index contributed by atoms with van der Waals surface area (Å²) in [7, 11) is 0. The van der Waals surface area contributed by atoms with Crippen LogP contribution in [0.2, 0.25) is 0 Å². The second kappa shape index (κ2) is 16.0. The van der Waals surface area contributed by atoms with Crippen molar-refractivity contribution in [3.8, 4) is 50.2 Å². The van der Waals surface area contributed by atoms with Crippen LogP contribution in [0.3, 0.4) is 0 Å². The largest absolute Gasteiger partial charge is 0.311 e. The predicted octanol–water partition coefficient (Wildman–Crippen LogP) is 15.0. The summed E-state index contributed by atoms with van der Waals surface area (Å²) in [6.45, 7) is -0.117. The minimum atomic E-state index is -0.0703. The van der Waals surface area contributed by atoms with Gasteiger partial charge in [-0.15, -0.1) is 11.3 Å². The summed E-state index contributed by atoms with van der Waals surface area (Å²) in [5, 5.41) is 5.36. The summed E-state index contributed by atoms with van der Waals surface area (Å²) in [4.78, 5) is 5.20. The van der Waals surface area contributed by atoms with Crippen molar-refractivity contribution in [2.45, 2.75) is 0 Å². The van der Waals surface area contributed by atoms with E-state index in [1.165, 1.54) is 148 Å². The highest BCUT2D eigenvalue weighted by Crippen LogP contribution is 2.50. The highest BCUT2D eigenvalue weighted by Gasteiger charge is 2.50. The van der Waals surface area contributed by atoms with E-state index in [-0.39, 0.29) is 13.4 Å². The molecule has 0 atom stereocenters. The van der Waals surface area contributed by atoms with Crippen LogP contribution in [0.5, 0.6) is 0 Å². The van der Waals surface area contributed by atoms with Crippen molar-refractivity contribution in [3.05, 3.63) is 261 Å². The van der Waals surface area contributed by atoms with E-state index >= 15 is 0 Å². The molecule has 18 rings (SSSR count). The highest BCUT2D eigenvalue weighted by molar-refractivity contribution is 7.27. The van der Waals surface area contributed by atoms with Crippen molar-refractivity contribution >= 4 is 134 Å². The molecule has 3 nitrogen and oxygen atoms in total. The lowest BCUT2D eigenvalue weighted by Crippen LogP contribution is -2.67. The molecule has 78 heavy (non-hydrogen) atoms. The van der Waals surface area contributed by atoms with Gasteiger partial charge in [-0.05, 0) is 126 Å². The molecule has 0 radical (unpaired) electrons. The summed E-state index contributed by atoms with van der Waals surface area (Å²) < 4.78 is 5.45. The number of fused-ring (bicyclic) bond motifs is 11. The zero-order valence-electron chi connectivity index (χ0n) is 42.2. The number of aromatic nitrogens is 1. The third-order valence-electron chi connectivity index (χ3n) is 17.5. The summed E-state index contributed by atoms with van der Waals surface area (Å²) in [6, 6.07) is 98.1. The molecular weight excluding hydrogens is 961 g/mol. The molecule has 0 aliphatic carbocycles. The van der Waals surface area contributed by atoms with Crippen LogP contribution >= 0.6 is 11.3 Å². The average Bonchev–Trinajstić information content (AvgIpc) is 3.58. The van der Waals surface area contributed by atoms with Crippen LogP contribution in [0.25, 0.3) is 92.2 Å². The third kappa shape index (κ3) is 5.79. The molecule has 0 bridgehead atoms. The van der Waals surface area contributed by atoms with Crippen LogP contribution < -0.4 is 42.6 Å². The SMILES string of the molecule is c1ccc(-c2ccc(N3c4ccc(-c5ccccc5)cc4B4c5c3cc3c6c5-n5c7c4cccc7c4c7sc8ccccc8c7cc(c45)B6c4cc(-c5ccccc5)ccc4N3c3ccc(-c4ccccc4)cc3)cc2)cc1. The van der Waals surface area contributed by atoms with E-state index in [4.69, 9.17) is 0 Å². The van der Waals surface area contributed by atoms with Crippen LogP contribution in [-0.2, 0) is 0 Å². The maximum absolute atomic E-state index is 2.76. The first-order chi connectivity index (χ1) is 38.7. The molecule has 12 aromatic carbocycles. The zero-order valence-corrected chi connectivity index (χ0v) is 43.0. The first kappa shape index (κ1) is 42.6. The van der Waals surface area contributed by atoms with Crippen molar-refractivity contribution in [1.29, 1.82) is 0 Å². The minimum absolute atomic E-state index is 0.0462. The quantitative estimate of drug-likeness (QED) is 0.154. The van der Waals surface area contributed by atoms with Crippen LogP contribution in [0.1, 0.15) is 0 Å². The maximum atomic E-state index is 2.76. The van der Waals surface area contributed by atoms with Gasteiger partial charge in [-0.3, -0.25) is 0 Å². The molecule has 6 heterocycles. The van der Waals surface area contributed by atoms with Gasteiger partial charge >= 0.3 is 0 Å². The van der Waals surface area contributed by atoms with Crippen LogP contribution in [-0.4, -0.2) is 18.0 Å². The molecule has 4 aliphatic heterocycles. The summed E-state index contributed by atoms with van der Waals surface area (Å²) in [5.41, 5.74) is 28.9. The molecule has 4 aliphatic rings. The van der Waals surface area contributed by atoms with Crippen LogP contribution in [0.4, 0.5) is 34.1 Å². The van der Waals surface area contributed by atoms with Gasteiger partial charge in [-0.1, -0.05) is 212 Å². The van der Waals surface area contributed by atoms with E-state index in [1.54, 1.807) is 0 Å². The van der Waals surface area contributed by atoms with Gasteiger partial charge < -0.3 is 14.4 Å². The lowest BCUT2D eigenvalue weighted by molar-refractivity contribution is 1.17. The van der Waals surface area contributed by atoms with Crippen molar-refractivity contribution in [1.82, 2.24) is 4.57 Å². The second-order valence-electron chi connectivity index (χ2n) is 21.5. The Kier molecular flexibility index (Phi) is 8.72. The van der Waals surface area contributed by atoms with Gasteiger partial charge in [0.2, 0.25) is 0 Å². The monoisotopic (exact) mass is 1000 g/mol. The van der Waals surface area contributed by atoms with Gasteiger partial charge in [0.05, 0.1) is 5.52 Å². The fourth-order valence-electron chi connectivity index (χ4n) is 14.3. The van der Waals surface area contributed by atoms with E-state index < -0.39 is 0 Å². The molecule has 2 aromatic heterocycles.